The lowest BCUT2D eigenvalue weighted by Crippen LogP contribution is -2.59. The van der Waals surface area contributed by atoms with Crippen molar-refractivity contribution in [2.45, 2.75) is 135 Å². The third-order valence-electron chi connectivity index (χ3n) is 9.19. The predicted molar refractivity (Wildman–Crippen MR) is 154 cm³/mol. The van der Waals surface area contributed by atoms with E-state index in [1.807, 2.05) is 25.9 Å². The molecule has 1 amide bonds. The Labute approximate surface area is 250 Å². The summed E-state index contributed by atoms with van der Waals surface area (Å²) in [4.78, 5) is 42.3. The first-order valence-electron chi connectivity index (χ1n) is 15.0. The minimum absolute atomic E-state index is 0.0860. The molecule has 0 radical (unpaired) electrons. The van der Waals surface area contributed by atoms with Crippen LogP contribution in [0.3, 0.4) is 0 Å². The first-order valence-corrected chi connectivity index (χ1v) is 15.0. The molecule has 0 aromatic carbocycles. The maximum Gasteiger partial charge on any atom is 0.316 e. The lowest BCUT2D eigenvalue weighted by molar-refractivity contribution is -0.295. The molecule has 12 nitrogen and oxygen atoms in total. The molecule has 244 valence electrons. The molecule has 42 heavy (non-hydrogen) atoms. The van der Waals surface area contributed by atoms with Gasteiger partial charge < -0.3 is 44.5 Å². The molecule has 0 bridgehead atoms. The van der Waals surface area contributed by atoms with Gasteiger partial charge in [-0.05, 0) is 68.0 Å². The molecule has 2 rings (SSSR count). The number of ketones is 1. The second kappa shape index (κ2) is 14.4. The zero-order valence-corrected chi connectivity index (χ0v) is 27.1. The minimum Gasteiger partial charge on any atom is -0.459 e. The molecule has 4 N–H and O–H groups in total. The van der Waals surface area contributed by atoms with Crippen molar-refractivity contribution in [2.24, 2.45) is 17.8 Å². The van der Waals surface area contributed by atoms with Crippen LogP contribution in [0.1, 0.15) is 74.7 Å². The Kier molecular flexibility index (Phi) is 12.5. The molecule has 2 heterocycles. The summed E-state index contributed by atoms with van der Waals surface area (Å²) in [6.07, 6.45) is -5.29. The molecule has 13 atom stereocenters. The third-order valence-corrected chi connectivity index (χ3v) is 9.19. The number of aliphatic hydroxyl groups is 3. The van der Waals surface area contributed by atoms with Gasteiger partial charge in [0.1, 0.15) is 29.8 Å². The fraction of sp³-hybridized carbons (Fsp3) is 0.900. The van der Waals surface area contributed by atoms with Crippen molar-refractivity contribution in [3.05, 3.63) is 0 Å². The number of carbonyl (C=O) groups excluding carboxylic acids is 3. The molecule has 0 aromatic rings. The van der Waals surface area contributed by atoms with Gasteiger partial charge in [-0.2, -0.15) is 0 Å². The first kappa shape index (κ1) is 36.5. The number of ether oxygens (including phenoxy) is 4. The van der Waals surface area contributed by atoms with Gasteiger partial charge in [0.25, 0.3) is 0 Å². The minimum atomic E-state index is -1.92. The number of esters is 1. The topological polar surface area (TPSA) is 164 Å². The Bertz CT molecular complexity index is 945. The number of likely N-dealkylation sites (N-methyl/N-ethyl adjacent to an activating group) is 1. The number of hydrogen-bond donors (Lipinski definition) is 4. The molecular formula is C30H54N2O10. The van der Waals surface area contributed by atoms with Crippen LogP contribution in [0.4, 0.5) is 0 Å². The number of nitrogens with one attached hydrogen (secondary N) is 1. The third kappa shape index (κ3) is 7.88. The molecule has 2 aliphatic rings. The summed E-state index contributed by atoms with van der Waals surface area (Å²) in [6, 6.07) is -1.17. The highest BCUT2D eigenvalue weighted by atomic mass is 16.7. The SMILES string of the molecule is CC[C@H]1OC(=O)[C@H](C)C(=O)[C@H](C)[C@@H](O[C@@H]2O[C@H](C)C[C@@H](N(C)C)[C@H]2O)[C@](C)(OC)C[C@@H](C)C(=O)N[C@H](C)[C@@H](O)[C@]1(C)O. The van der Waals surface area contributed by atoms with Crippen molar-refractivity contribution in [1.29, 1.82) is 0 Å². The number of amides is 1. The highest BCUT2D eigenvalue weighted by Gasteiger charge is 2.50. The van der Waals surface area contributed by atoms with Crippen LogP contribution in [0.5, 0.6) is 0 Å². The van der Waals surface area contributed by atoms with Crippen molar-refractivity contribution in [1.82, 2.24) is 10.2 Å². The van der Waals surface area contributed by atoms with E-state index in [-0.39, 0.29) is 25.0 Å². The Morgan fingerprint density at radius 2 is 1.67 bits per heavy atom. The molecule has 0 aromatic heterocycles. The molecule has 0 spiro atoms. The van der Waals surface area contributed by atoms with Crippen LogP contribution in [0.25, 0.3) is 0 Å². The van der Waals surface area contributed by atoms with Gasteiger partial charge in [0, 0.05) is 25.0 Å². The monoisotopic (exact) mass is 602 g/mol. The second-order valence-electron chi connectivity index (χ2n) is 13.0. The highest BCUT2D eigenvalue weighted by molar-refractivity contribution is 6.00. The number of hydrogen-bond acceptors (Lipinski definition) is 11. The van der Waals surface area contributed by atoms with Gasteiger partial charge in [-0.3, -0.25) is 14.4 Å². The van der Waals surface area contributed by atoms with Crippen LogP contribution in [0.15, 0.2) is 0 Å². The van der Waals surface area contributed by atoms with E-state index in [9.17, 15) is 29.7 Å². The summed E-state index contributed by atoms with van der Waals surface area (Å²) in [6.45, 7) is 12.9. The largest absolute Gasteiger partial charge is 0.459 e. The van der Waals surface area contributed by atoms with Crippen LogP contribution in [0, 0.1) is 17.8 Å². The van der Waals surface area contributed by atoms with Gasteiger partial charge in [0.05, 0.1) is 23.9 Å². The van der Waals surface area contributed by atoms with E-state index in [4.69, 9.17) is 18.9 Å². The fourth-order valence-electron chi connectivity index (χ4n) is 6.27. The van der Waals surface area contributed by atoms with Crippen molar-refractivity contribution < 1.29 is 48.7 Å². The van der Waals surface area contributed by atoms with Crippen LogP contribution in [-0.2, 0) is 33.3 Å². The van der Waals surface area contributed by atoms with E-state index < -0.39 is 83.4 Å². The van der Waals surface area contributed by atoms with E-state index in [2.05, 4.69) is 5.32 Å². The van der Waals surface area contributed by atoms with E-state index in [1.165, 1.54) is 21.0 Å². The predicted octanol–water partition coefficient (Wildman–Crippen LogP) is 1.02. The number of nitrogens with zero attached hydrogens (tertiary/aromatic N) is 1. The van der Waals surface area contributed by atoms with Crippen LogP contribution in [0.2, 0.25) is 0 Å². The van der Waals surface area contributed by atoms with Gasteiger partial charge >= 0.3 is 5.97 Å². The van der Waals surface area contributed by atoms with Gasteiger partial charge in [0.15, 0.2) is 12.1 Å². The summed E-state index contributed by atoms with van der Waals surface area (Å²) in [5.74, 6) is -4.68. The molecule has 0 aliphatic carbocycles. The van der Waals surface area contributed by atoms with Crippen molar-refractivity contribution in [2.75, 3.05) is 21.2 Å². The van der Waals surface area contributed by atoms with Gasteiger partial charge in [-0.15, -0.1) is 0 Å². The quantitative estimate of drug-likeness (QED) is 0.262. The Morgan fingerprint density at radius 3 is 2.19 bits per heavy atom. The zero-order valence-electron chi connectivity index (χ0n) is 27.1. The molecular weight excluding hydrogens is 548 g/mol. The number of methoxy groups -OCH3 is 1. The van der Waals surface area contributed by atoms with Gasteiger partial charge in [-0.1, -0.05) is 20.8 Å². The number of carbonyl (C=O) groups is 3. The van der Waals surface area contributed by atoms with Crippen LogP contribution in [-0.4, -0.2) is 119 Å². The van der Waals surface area contributed by atoms with Crippen molar-refractivity contribution >= 4 is 17.7 Å². The molecule has 0 unspecified atom stereocenters. The number of cyclic esters (lactones) is 1. The molecule has 2 aliphatic heterocycles. The van der Waals surface area contributed by atoms with E-state index in [0.29, 0.717) is 6.42 Å². The number of rotatable bonds is 5. The Balaban J connectivity index is 2.60. The Morgan fingerprint density at radius 1 is 1.07 bits per heavy atom. The average molecular weight is 603 g/mol. The standard InChI is InChI=1S/C30H54N2O10/c1-12-21-30(8,38)24(35)19(6)31-26(36)15(2)14-29(7,39-11)25(17(4)22(33)18(5)27(37)41-21)42-28-23(34)20(32(9)10)13-16(3)40-28/h15-21,23-25,28,34-35,38H,12-14H2,1-11H3,(H,31,36)/t15-,16-,17+,18-,19-,20-,21-,23-,24-,25-,28+,29-,30-/m1/s1. The van der Waals surface area contributed by atoms with Crippen molar-refractivity contribution in [3.63, 3.8) is 0 Å². The lowest BCUT2D eigenvalue weighted by Gasteiger charge is -2.46. The number of aliphatic hydroxyl groups excluding tert-OH is 2. The van der Waals surface area contributed by atoms with Gasteiger partial charge in [-0.25, -0.2) is 0 Å². The van der Waals surface area contributed by atoms with E-state index in [0.717, 1.165) is 0 Å². The summed E-state index contributed by atoms with van der Waals surface area (Å²) in [5, 5.41) is 36.2. The summed E-state index contributed by atoms with van der Waals surface area (Å²) >= 11 is 0. The van der Waals surface area contributed by atoms with Crippen LogP contribution >= 0.6 is 0 Å². The van der Waals surface area contributed by atoms with Crippen LogP contribution < -0.4 is 5.32 Å². The molecule has 2 saturated heterocycles. The zero-order chi connectivity index (χ0) is 32.3. The maximum atomic E-state index is 13.8. The van der Waals surface area contributed by atoms with Gasteiger partial charge in [0.2, 0.25) is 5.91 Å². The van der Waals surface area contributed by atoms with E-state index >= 15 is 0 Å². The molecule has 0 saturated carbocycles. The smallest absolute Gasteiger partial charge is 0.316 e. The molecule has 12 heteroatoms. The summed E-state index contributed by atoms with van der Waals surface area (Å²) < 4.78 is 24.0. The fourth-order valence-corrected chi connectivity index (χ4v) is 6.27. The molecule has 2 fully saturated rings. The van der Waals surface area contributed by atoms with Crippen molar-refractivity contribution in [3.8, 4) is 0 Å². The summed E-state index contributed by atoms with van der Waals surface area (Å²) in [7, 11) is 5.15. The Hall–Kier alpha value is -1.67. The average Bonchev–Trinajstić information content (AvgIpc) is 2.93. The summed E-state index contributed by atoms with van der Waals surface area (Å²) in [5.41, 5.74) is -3.18. The number of Topliss-reactive ketones (excluding diaryl/α,β-unsaturated/α-hetero) is 1. The first-order chi connectivity index (χ1) is 19.3. The lowest BCUT2D eigenvalue weighted by atomic mass is 9.78. The second-order valence-corrected chi connectivity index (χ2v) is 13.0. The normalized spacial score (nSPS) is 45.1. The maximum absolute atomic E-state index is 13.8. The van der Waals surface area contributed by atoms with E-state index in [1.54, 1.807) is 34.6 Å². The highest BCUT2D eigenvalue weighted by Crippen LogP contribution is 2.36.